The van der Waals surface area contributed by atoms with E-state index in [9.17, 15) is 8.42 Å². The third-order valence-electron chi connectivity index (χ3n) is 2.85. The molecule has 0 amide bonds. The van der Waals surface area contributed by atoms with Crippen LogP contribution in [0.15, 0.2) is 23.1 Å². The number of aryl methyl sites for hydroxylation is 1. The summed E-state index contributed by atoms with van der Waals surface area (Å²) in [6.45, 7) is 2.62. The van der Waals surface area contributed by atoms with Crippen molar-refractivity contribution in [3.63, 3.8) is 0 Å². The molecule has 0 atom stereocenters. The van der Waals surface area contributed by atoms with Crippen LogP contribution >= 0.6 is 11.8 Å². The van der Waals surface area contributed by atoms with Crippen LogP contribution in [0.1, 0.15) is 24.0 Å². The second-order valence-electron chi connectivity index (χ2n) is 4.40. The van der Waals surface area contributed by atoms with Gasteiger partial charge in [-0.05, 0) is 49.0 Å². The number of sulfonamides is 1. The molecule has 0 spiro atoms. The SMILES string of the molecule is CSCCCCNS(=O)(=O)c1cc(CN)ccc1C. The van der Waals surface area contributed by atoms with Crippen molar-refractivity contribution in [1.29, 1.82) is 0 Å². The van der Waals surface area contributed by atoms with Crippen LogP contribution in [-0.2, 0) is 16.6 Å². The normalized spacial score (nSPS) is 11.7. The van der Waals surface area contributed by atoms with Crippen molar-refractivity contribution in [2.24, 2.45) is 5.73 Å². The molecule has 0 bridgehead atoms. The molecule has 0 saturated carbocycles. The van der Waals surface area contributed by atoms with E-state index in [0.29, 0.717) is 18.0 Å². The summed E-state index contributed by atoms with van der Waals surface area (Å²) in [5.74, 6) is 1.06. The highest BCUT2D eigenvalue weighted by Gasteiger charge is 2.16. The van der Waals surface area contributed by atoms with Gasteiger partial charge in [0, 0.05) is 13.1 Å². The summed E-state index contributed by atoms with van der Waals surface area (Å²) in [7, 11) is -3.42. The van der Waals surface area contributed by atoms with Gasteiger partial charge in [0.1, 0.15) is 0 Å². The van der Waals surface area contributed by atoms with Crippen LogP contribution in [0.5, 0.6) is 0 Å². The van der Waals surface area contributed by atoms with Gasteiger partial charge in [-0.25, -0.2) is 13.1 Å². The molecule has 6 heteroatoms. The van der Waals surface area contributed by atoms with Crippen molar-refractivity contribution in [2.45, 2.75) is 31.2 Å². The van der Waals surface area contributed by atoms with Gasteiger partial charge in [-0.2, -0.15) is 11.8 Å². The minimum Gasteiger partial charge on any atom is -0.326 e. The standard InChI is InChI=1S/C13H22N2O2S2/c1-11-5-6-12(10-14)9-13(11)19(16,17)15-7-3-4-8-18-2/h5-6,9,15H,3-4,7-8,10,14H2,1-2H3. The molecule has 108 valence electrons. The largest absolute Gasteiger partial charge is 0.326 e. The van der Waals surface area contributed by atoms with Crippen molar-refractivity contribution in [1.82, 2.24) is 4.72 Å². The number of nitrogens with one attached hydrogen (secondary N) is 1. The van der Waals surface area contributed by atoms with Gasteiger partial charge in [-0.3, -0.25) is 0 Å². The van der Waals surface area contributed by atoms with Crippen LogP contribution < -0.4 is 10.5 Å². The quantitative estimate of drug-likeness (QED) is 0.719. The smallest absolute Gasteiger partial charge is 0.240 e. The Morgan fingerprint density at radius 1 is 1.32 bits per heavy atom. The van der Waals surface area contributed by atoms with Crippen LogP contribution in [0.2, 0.25) is 0 Å². The van der Waals surface area contributed by atoms with E-state index in [0.717, 1.165) is 29.7 Å². The predicted octanol–water partition coefficient (Wildman–Crippen LogP) is 1.88. The first-order chi connectivity index (χ1) is 9.01. The van der Waals surface area contributed by atoms with Gasteiger partial charge in [0.25, 0.3) is 0 Å². The Morgan fingerprint density at radius 2 is 2.05 bits per heavy atom. The molecule has 0 aliphatic rings. The minimum atomic E-state index is -3.42. The lowest BCUT2D eigenvalue weighted by Crippen LogP contribution is -2.25. The maximum absolute atomic E-state index is 12.2. The fourth-order valence-corrected chi connectivity index (χ4v) is 3.58. The summed E-state index contributed by atoms with van der Waals surface area (Å²) in [6.07, 6.45) is 3.92. The summed E-state index contributed by atoms with van der Waals surface area (Å²) in [6, 6.07) is 5.30. The summed E-state index contributed by atoms with van der Waals surface area (Å²) < 4.78 is 27.0. The predicted molar refractivity (Wildman–Crippen MR) is 81.9 cm³/mol. The van der Waals surface area contributed by atoms with Gasteiger partial charge in [0.2, 0.25) is 10.0 Å². The van der Waals surface area contributed by atoms with Gasteiger partial charge in [0.15, 0.2) is 0 Å². The van der Waals surface area contributed by atoms with Gasteiger partial charge >= 0.3 is 0 Å². The average molecular weight is 302 g/mol. The molecule has 0 heterocycles. The number of thioether (sulfide) groups is 1. The minimum absolute atomic E-state index is 0.334. The first-order valence-corrected chi connectivity index (χ1v) is 9.17. The Labute approximate surface area is 120 Å². The van der Waals surface area contributed by atoms with Crippen molar-refractivity contribution in [3.05, 3.63) is 29.3 Å². The van der Waals surface area contributed by atoms with E-state index >= 15 is 0 Å². The molecule has 3 N–H and O–H groups in total. The fraction of sp³-hybridized carbons (Fsp3) is 0.538. The Kier molecular flexibility index (Phi) is 6.85. The number of benzene rings is 1. The molecule has 1 aromatic rings. The number of hydrogen-bond acceptors (Lipinski definition) is 4. The van der Waals surface area contributed by atoms with Crippen LogP contribution in [0, 0.1) is 6.92 Å². The number of unbranched alkanes of at least 4 members (excludes halogenated alkanes) is 1. The van der Waals surface area contributed by atoms with Crippen molar-refractivity contribution in [3.8, 4) is 0 Å². The summed E-state index contributed by atoms with van der Waals surface area (Å²) in [5.41, 5.74) is 7.12. The zero-order chi connectivity index (χ0) is 14.3. The van der Waals surface area contributed by atoms with Crippen LogP contribution in [-0.4, -0.2) is 27.0 Å². The van der Waals surface area contributed by atoms with Crippen molar-refractivity contribution >= 4 is 21.8 Å². The molecule has 0 fully saturated rings. The van der Waals surface area contributed by atoms with Crippen LogP contribution in [0.25, 0.3) is 0 Å². The highest BCUT2D eigenvalue weighted by atomic mass is 32.2. The van der Waals surface area contributed by atoms with E-state index in [1.807, 2.05) is 12.3 Å². The molecule has 0 aliphatic carbocycles. The van der Waals surface area contributed by atoms with E-state index in [1.165, 1.54) is 0 Å². The first kappa shape index (κ1) is 16.5. The number of nitrogens with two attached hydrogens (primary N) is 1. The first-order valence-electron chi connectivity index (χ1n) is 6.29. The van der Waals surface area contributed by atoms with Gasteiger partial charge < -0.3 is 5.73 Å². The molecule has 1 rings (SSSR count). The summed E-state index contributed by atoms with van der Waals surface area (Å²) in [4.78, 5) is 0.334. The highest BCUT2D eigenvalue weighted by Crippen LogP contribution is 2.16. The van der Waals surface area contributed by atoms with E-state index in [4.69, 9.17) is 5.73 Å². The van der Waals surface area contributed by atoms with Crippen LogP contribution in [0.3, 0.4) is 0 Å². The third kappa shape index (κ3) is 5.14. The number of rotatable bonds is 8. The van der Waals surface area contributed by atoms with E-state index in [1.54, 1.807) is 30.8 Å². The van der Waals surface area contributed by atoms with Crippen molar-refractivity contribution < 1.29 is 8.42 Å². The van der Waals surface area contributed by atoms with Gasteiger partial charge in [0.05, 0.1) is 4.90 Å². The Morgan fingerprint density at radius 3 is 2.68 bits per heavy atom. The maximum atomic E-state index is 12.2. The molecule has 0 unspecified atom stereocenters. The van der Waals surface area contributed by atoms with Gasteiger partial charge in [-0.15, -0.1) is 0 Å². The molecule has 19 heavy (non-hydrogen) atoms. The molecule has 1 aromatic carbocycles. The third-order valence-corrected chi connectivity index (χ3v) is 5.15. The second kappa shape index (κ2) is 7.89. The Balaban J connectivity index is 2.71. The topological polar surface area (TPSA) is 72.2 Å². The van der Waals surface area contributed by atoms with Gasteiger partial charge in [-0.1, -0.05) is 12.1 Å². The number of hydrogen-bond donors (Lipinski definition) is 2. The maximum Gasteiger partial charge on any atom is 0.240 e. The van der Waals surface area contributed by atoms with E-state index < -0.39 is 10.0 Å². The Bertz CT molecular complexity index is 501. The summed E-state index contributed by atoms with van der Waals surface area (Å²) >= 11 is 1.77. The van der Waals surface area contributed by atoms with Crippen LogP contribution in [0.4, 0.5) is 0 Å². The molecule has 0 radical (unpaired) electrons. The lowest BCUT2D eigenvalue weighted by atomic mass is 10.1. The zero-order valence-corrected chi connectivity index (χ0v) is 13.1. The highest BCUT2D eigenvalue weighted by molar-refractivity contribution is 7.98. The molecule has 4 nitrogen and oxygen atoms in total. The molecule has 0 saturated heterocycles. The Hall–Kier alpha value is -0.560. The molecular weight excluding hydrogens is 280 g/mol. The van der Waals surface area contributed by atoms with Crippen molar-refractivity contribution in [2.75, 3.05) is 18.6 Å². The lowest BCUT2D eigenvalue weighted by molar-refractivity contribution is 0.578. The summed E-state index contributed by atoms with van der Waals surface area (Å²) in [5, 5.41) is 0. The molecule has 0 aromatic heterocycles. The van der Waals surface area contributed by atoms with E-state index in [-0.39, 0.29) is 0 Å². The lowest BCUT2D eigenvalue weighted by Gasteiger charge is -2.10. The zero-order valence-electron chi connectivity index (χ0n) is 11.5. The molecule has 0 aliphatic heterocycles. The average Bonchev–Trinajstić information content (AvgIpc) is 2.39. The van der Waals surface area contributed by atoms with E-state index in [2.05, 4.69) is 4.72 Å². The fourth-order valence-electron chi connectivity index (χ4n) is 1.72. The molecular formula is C13H22N2O2S2. The monoisotopic (exact) mass is 302 g/mol. The second-order valence-corrected chi connectivity index (χ2v) is 7.12.